The van der Waals surface area contributed by atoms with Crippen molar-refractivity contribution in [3.8, 4) is 17.1 Å². The molecule has 25 heavy (non-hydrogen) atoms. The lowest BCUT2D eigenvalue weighted by Crippen LogP contribution is -2.28. The number of aromatic nitrogens is 2. The van der Waals surface area contributed by atoms with Crippen LogP contribution in [0.25, 0.3) is 11.4 Å². The van der Waals surface area contributed by atoms with Crippen LogP contribution in [0.5, 0.6) is 5.75 Å². The second kappa shape index (κ2) is 7.67. The molecule has 0 saturated carbocycles. The van der Waals surface area contributed by atoms with Gasteiger partial charge >= 0.3 is 6.03 Å². The quantitative estimate of drug-likeness (QED) is 0.725. The monoisotopic (exact) mass is 358 g/mol. The second-order valence-corrected chi connectivity index (χ2v) is 5.50. The summed E-state index contributed by atoms with van der Waals surface area (Å²) in [5.74, 6) is 1.35. The van der Waals surface area contributed by atoms with Crippen molar-refractivity contribution in [1.82, 2.24) is 15.5 Å². The molecule has 0 spiro atoms. The molecule has 0 aliphatic heterocycles. The van der Waals surface area contributed by atoms with E-state index in [4.69, 9.17) is 20.9 Å². The lowest BCUT2D eigenvalue weighted by Gasteiger charge is -2.07. The van der Waals surface area contributed by atoms with Crippen molar-refractivity contribution in [2.24, 2.45) is 0 Å². The molecule has 128 valence electrons. The molecule has 1 heterocycles. The van der Waals surface area contributed by atoms with Crippen LogP contribution in [0.15, 0.2) is 53.1 Å². The molecule has 2 amide bonds. The van der Waals surface area contributed by atoms with Gasteiger partial charge in [0.2, 0.25) is 11.7 Å². The molecular weight excluding hydrogens is 344 g/mol. The SMILES string of the molecule is COc1cccc(NC(=O)NCc2nc(-c3cccc(Cl)c3)no2)c1. The van der Waals surface area contributed by atoms with Gasteiger partial charge in [-0.3, -0.25) is 0 Å². The fourth-order valence-electron chi connectivity index (χ4n) is 2.10. The predicted octanol–water partition coefficient (Wildman–Crippen LogP) is 3.72. The highest BCUT2D eigenvalue weighted by atomic mass is 35.5. The van der Waals surface area contributed by atoms with Crippen molar-refractivity contribution in [2.75, 3.05) is 12.4 Å². The molecule has 0 aliphatic carbocycles. The maximum absolute atomic E-state index is 11.9. The summed E-state index contributed by atoms with van der Waals surface area (Å²) in [5, 5.41) is 9.81. The molecule has 7 nitrogen and oxygen atoms in total. The third-order valence-corrected chi connectivity index (χ3v) is 3.51. The summed E-state index contributed by atoms with van der Waals surface area (Å²) in [6.45, 7) is 0.101. The van der Waals surface area contributed by atoms with Crippen molar-refractivity contribution in [1.29, 1.82) is 0 Å². The largest absolute Gasteiger partial charge is 0.497 e. The van der Waals surface area contributed by atoms with Crippen LogP contribution in [0.2, 0.25) is 5.02 Å². The molecule has 0 fully saturated rings. The Morgan fingerprint density at radius 1 is 1.24 bits per heavy atom. The standard InChI is InChI=1S/C17H15ClN4O3/c1-24-14-7-3-6-13(9-14)20-17(23)19-10-15-21-16(22-25-15)11-4-2-5-12(18)8-11/h2-9H,10H2,1H3,(H2,19,20,23). The molecule has 0 atom stereocenters. The Hall–Kier alpha value is -3.06. The molecule has 0 radical (unpaired) electrons. The Morgan fingerprint density at radius 3 is 2.88 bits per heavy atom. The summed E-state index contributed by atoms with van der Waals surface area (Å²) in [6, 6.07) is 13.8. The lowest BCUT2D eigenvalue weighted by atomic mass is 10.2. The first kappa shape index (κ1) is 16.8. The number of anilines is 1. The van der Waals surface area contributed by atoms with Gasteiger partial charge in [0.25, 0.3) is 0 Å². The highest BCUT2D eigenvalue weighted by Gasteiger charge is 2.10. The molecule has 0 bridgehead atoms. The highest BCUT2D eigenvalue weighted by molar-refractivity contribution is 6.30. The van der Waals surface area contributed by atoms with Crippen molar-refractivity contribution in [3.05, 3.63) is 59.4 Å². The number of methoxy groups -OCH3 is 1. The van der Waals surface area contributed by atoms with Crippen LogP contribution in [0, 0.1) is 0 Å². The van der Waals surface area contributed by atoms with Gasteiger partial charge in [0.1, 0.15) is 5.75 Å². The van der Waals surface area contributed by atoms with Crippen LogP contribution in [-0.2, 0) is 6.54 Å². The number of carbonyl (C=O) groups is 1. The summed E-state index contributed by atoms with van der Waals surface area (Å²) in [5.41, 5.74) is 1.35. The van der Waals surface area contributed by atoms with E-state index in [0.29, 0.717) is 22.3 Å². The van der Waals surface area contributed by atoms with Crippen molar-refractivity contribution >= 4 is 23.3 Å². The summed E-state index contributed by atoms with van der Waals surface area (Å²) < 4.78 is 10.2. The molecule has 0 unspecified atom stereocenters. The number of nitrogens with zero attached hydrogens (tertiary/aromatic N) is 2. The fourth-order valence-corrected chi connectivity index (χ4v) is 2.29. The smallest absolute Gasteiger partial charge is 0.319 e. The maximum atomic E-state index is 11.9. The number of rotatable bonds is 5. The number of carbonyl (C=O) groups excluding carboxylic acids is 1. The van der Waals surface area contributed by atoms with Crippen molar-refractivity contribution < 1.29 is 14.1 Å². The zero-order chi connectivity index (χ0) is 17.6. The Morgan fingerprint density at radius 2 is 2.08 bits per heavy atom. The topological polar surface area (TPSA) is 89.3 Å². The number of nitrogens with one attached hydrogen (secondary N) is 2. The molecule has 3 aromatic rings. The normalized spacial score (nSPS) is 10.3. The van der Waals surface area contributed by atoms with Gasteiger partial charge in [0, 0.05) is 22.3 Å². The first-order valence-corrected chi connectivity index (χ1v) is 7.79. The van der Waals surface area contributed by atoms with Gasteiger partial charge in [0.05, 0.1) is 13.7 Å². The number of benzene rings is 2. The Balaban J connectivity index is 1.57. The average molecular weight is 359 g/mol. The van der Waals surface area contributed by atoms with Gasteiger partial charge in [-0.2, -0.15) is 4.98 Å². The van der Waals surface area contributed by atoms with Crippen molar-refractivity contribution in [2.45, 2.75) is 6.54 Å². The minimum atomic E-state index is -0.393. The molecule has 3 rings (SSSR count). The predicted molar refractivity (Wildman–Crippen MR) is 93.6 cm³/mol. The Labute approximate surface area is 149 Å². The average Bonchev–Trinajstić information content (AvgIpc) is 3.09. The molecule has 2 N–H and O–H groups in total. The van der Waals surface area contributed by atoms with E-state index >= 15 is 0 Å². The third kappa shape index (κ3) is 4.48. The molecular formula is C17H15ClN4O3. The van der Waals surface area contributed by atoms with E-state index in [9.17, 15) is 4.79 Å². The van der Waals surface area contributed by atoms with E-state index in [-0.39, 0.29) is 12.4 Å². The molecule has 8 heteroatoms. The summed E-state index contributed by atoms with van der Waals surface area (Å²) in [6.07, 6.45) is 0. The Bertz CT molecular complexity index is 882. The van der Waals surface area contributed by atoms with Gasteiger partial charge < -0.3 is 19.9 Å². The highest BCUT2D eigenvalue weighted by Crippen LogP contribution is 2.20. The van der Waals surface area contributed by atoms with Gasteiger partial charge in [-0.15, -0.1) is 0 Å². The van der Waals surface area contributed by atoms with Crippen LogP contribution in [0.3, 0.4) is 0 Å². The Kier molecular flexibility index (Phi) is 5.15. The zero-order valence-corrected chi connectivity index (χ0v) is 14.1. The van der Waals surface area contributed by atoms with Crippen molar-refractivity contribution in [3.63, 3.8) is 0 Å². The third-order valence-electron chi connectivity index (χ3n) is 3.28. The number of halogens is 1. The number of ether oxygens (including phenoxy) is 1. The minimum absolute atomic E-state index is 0.101. The van der Waals surface area contributed by atoms with Crippen LogP contribution < -0.4 is 15.4 Å². The number of hydrogen-bond donors (Lipinski definition) is 2. The van der Waals surface area contributed by atoms with Crippen LogP contribution >= 0.6 is 11.6 Å². The van der Waals surface area contributed by atoms with E-state index in [0.717, 1.165) is 5.56 Å². The minimum Gasteiger partial charge on any atom is -0.497 e. The van der Waals surface area contributed by atoms with Crippen LogP contribution in [0.4, 0.5) is 10.5 Å². The molecule has 1 aromatic heterocycles. The van der Waals surface area contributed by atoms with Gasteiger partial charge in [0.15, 0.2) is 0 Å². The first-order chi connectivity index (χ1) is 12.1. The zero-order valence-electron chi connectivity index (χ0n) is 13.3. The number of urea groups is 1. The maximum Gasteiger partial charge on any atom is 0.319 e. The fraction of sp³-hybridized carbons (Fsp3) is 0.118. The second-order valence-electron chi connectivity index (χ2n) is 5.06. The van der Waals surface area contributed by atoms with Crippen LogP contribution in [-0.4, -0.2) is 23.3 Å². The summed E-state index contributed by atoms with van der Waals surface area (Å²) in [7, 11) is 1.56. The molecule has 2 aromatic carbocycles. The van der Waals surface area contributed by atoms with Gasteiger partial charge in [-0.25, -0.2) is 4.79 Å². The van der Waals surface area contributed by atoms with E-state index in [2.05, 4.69) is 20.8 Å². The summed E-state index contributed by atoms with van der Waals surface area (Å²) >= 11 is 5.94. The number of hydrogen-bond acceptors (Lipinski definition) is 5. The van der Waals surface area contributed by atoms with Gasteiger partial charge in [-0.05, 0) is 24.3 Å². The summed E-state index contributed by atoms with van der Waals surface area (Å²) in [4.78, 5) is 16.2. The van der Waals surface area contributed by atoms with E-state index < -0.39 is 6.03 Å². The van der Waals surface area contributed by atoms with Gasteiger partial charge in [-0.1, -0.05) is 35.0 Å². The van der Waals surface area contributed by atoms with E-state index in [1.54, 1.807) is 49.6 Å². The molecule has 0 aliphatic rings. The lowest BCUT2D eigenvalue weighted by molar-refractivity contribution is 0.249. The number of amides is 2. The van der Waals surface area contributed by atoms with Crippen LogP contribution in [0.1, 0.15) is 5.89 Å². The van der Waals surface area contributed by atoms with E-state index in [1.165, 1.54) is 0 Å². The first-order valence-electron chi connectivity index (χ1n) is 7.41. The van der Waals surface area contributed by atoms with E-state index in [1.807, 2.05) is 6.07 Å². The molecule has 0 saturated heterocycles.